The van der Waals surface area contributed by atoms with Crippen molar-refractivity contribution < 1.29 is 14.3 Å². The maximum atomic E-state index is 13.1. The Morgan fingerprint density at radius 3 is 2.44 bits per heavy atom. The molecule has 0 spiro atoms. The fourth-order valence-corrected chi connectivity index (χ4v) is 4.26. The van der Waals surface area contributed by atoms with Crippen LogP contribution in [0.1, 0.15) is 43.4 Å². The normalized spacial score (nSPS) is 19.3. The van der Waals surface area contributed by atoms with Crippen LogP contribution in [0.5, 0.6) is 0 Å². The summed E-state index contributed by atoms with van der Waals surface area (Å²) < 4.78 is 6.03. The van der Waals surface area contributed by atoms with Crippen LogP contribution in [0.3, 0.4) is 0 Å². The number of primary amides is 1. The third kappa shape index (κ3) is 4.49. The molecule has 0 radical (unpaired) electrons. The summed E-state index contributed by atoms with van der Waals surface area (Å²) >= 11 is 0. The van der Waals surface area contributed by atoms with Crippen molar-refractivity contribution in [1.82, 2.24) is 9.88 Å². The highest BCUT2D eigenvalue weighted by atomic mass is 16.6. The van der Waals surface area contributed by atoms with Gasteiger partial charge < -0.3 is 15.4 Å². The summed E-state index contributed by atoms with van der Waals surface area (Å²) in [7, 11) is 0. The number of rotatable bonds is 7. The van der Waals surface area contributed by atoms with Gasteiger partial charge in [-0.3, -0.25) is 9.78 Å². The van der Waals surface area contributed by atoms with Crippen molar-refractivity contribution in [1.29, 1.82) is 0 Å². The van der Waals surface area contributed by atoms with Crippen LogP contribution >= 0.6 is 0 Å². The number of aromatic nitrogens is 1. The quantitative estimate of drug-likeness (QED) is 0.584. The zero-order valence-corrected chi connectivity index (χ0v) is 18.1. The molecule has 164 valence electrons. The molecule has 6 nitrogen and oxygen atoms in total. The van der Waals surface area contributed by atoms with Crippen LogP contribution in [0, 0.1) is 0 Å². The molecule has 1 aromatic heterocycles. The molecule has 2 aromatic carbocycles. The Kier molecular flexibility index (Phi) is 6.21. The van der Waals surface area contributed by atoms with Crippen LogP contribution in [-0.4, -0.2) is 28.4 Å². The van der Waals surface area contributed by atoms with Gasteiger partial charge in [-0.25, -0.2) is 4.79 Å². The average Bonchev–Trinajstić information content (AvgIpc) is 2.83. The maximum Gasteiger partial charge on any atom is 0.411 e. The molecule has 1 saturated heterocycles. The molecule has 32 heavy (non-hydrogen) atoms. The first kappa shape index (κ1) is 21.6. The molecule has 0 saturated carbocycles. The Bertz CT molecular complexity index is 1070. The van der Waals surface area contributed by atoms with Gasteiger partial charge in [-0.2, -0.15) is 0 Å². The number of hydrogen-bond donors (Lipinski definition) is 1. The third-order valence-corrected chi connectivity index (χ3v) is 6.17. The standard InChI is InChI=1S/C26H27N3O3/c1-19(20-10-12-21(13-11-20)23-9-5-6-17-28-23)29-18-16-26(32-25(29)31,15-14-24(27)30)22-7-3-2-4-8-22/h2-13,17,19H,14-16,18H2,1H3,(H2,27,30)/t19-,26+/m0/s1. The fraction of sp³-hybridized carbons (Fsp3) is 0.269. The number of amides is 2. The molecule has 1 fully saturated rings. The highest BCUT2D eigenvalue weighted by Gasteiger charge is 2.43. The summed E-state index contributed by atoms with van der Waals surface area (Å²) in [5.41, 5.74) is 8.40. The zero-order valence-electron chi connectivity index (χ0n) is 18.1. The second-order valence-corrected chi connectivity index (χ2v) is 8.15. The monoisotopic (exact) mass is 429 g/mol. The first-order valence-electron chi connectivity index (χ1n) is 10.8. The molecular weight excluding hydrogens is 402 g/mol. The molecule has 2 amide bonds. The number of carbonyl (C=O) groups is 2. The molecule has 2 atom stereocenters. The molecule has 1 aliphatic rings. The van der Waals surface area contributed by atoms with Crippen LogP contribution in [0.25, 0.3) is 11.3 Å². The van der Waals surface area contributed by atoms with Gasteiger partial charge in [-0.05, 0) is 30.2 Å². The number of cyclic esters (lactones) is 1. The molecule has 0 unspecified atom stereocenters. The van der Waals surface area contributed by atoms with Crippen molar-refractivity contribution in [2.75, 3.05) is 6.54 Å². The number of pyridine rings is 1. The van der Waals surface area contributed by atoms with Gasteiger partial charge in [0.1, 0.15) is 5.60 Å². The number of nitrogens with two attached hydrogens (primary N) is 1. The van der Waals surface area contributed by atoms with Gasteiger partial charge in [0.15, 0.2) is 0 Å². The summed E-state index contributed by atoms with van der Waals surface area (Å²) in [6, 6.07) is 23.4. The van der Waals surface area contributed by atoms with Crippen molar-refractivity contribution in [3.63, 3.8) is 0 Å². The highest BCUT2D eigenvalue weighted by molar-refractivity contribution is 5.74. The van der Waals surface area contributed by atoms with Crippen molar-refractivity contribution in [2.24, 2.45) is 5.73 Å². The van der Waals surface area contributed by atoms with E-state index in [9.17, 15) is 9.59 Å². The van der Waals surface area contributed by atoms with Gasteiger partial charge in [0.05, 0.1) is 11.7 Å². The lowest BCUT2D eigenvalue weighted by Gasteiger charge is -2.43. The summed E-state index contributed by atoms with van der Waals surface area (Å²) in [5.74, 6) is -0.403. The molecule has 0 aliphatic carbocycles. The lowest BCUT2D eigenvalue weighted by atomic mass is 9.84. The van der Waals surface area contributed by atoms with Gasteiger partial charge in [-0.1, -0.05) is 60.7 Å². The number of ether oxygens (including phenoxy) is 1. The zero-order chi connectivity index (χ0) is 22.6. The molecule has 4 rings (SSSR count). The first-order chi connectivity index (χ1) is 15.5. The van der Waals surface area contributed by atoms with Crippen molar-refractivity contribution >= 4 is 12.0 Å². The SMILES string of the molecule is C[C@@H](c1ccc(-c2ccccn2)cc1)N1CC[C@](CCC(N)=O)(c2ccccc2)OC1=O. The molecule has 2 heterocycles. The largest absolute Gasteiger partial charge is 0.438 e. The van der Waals surface area contributed by atoms with Crippen LogP contribution < -0.4 is 5.73 Å². The topological polar surface area (TPSA) is 85.5 Å². The van der Waals surface area contributed by atoms with Gasteiger partial charge in [0.25, 0.3) is 0 Å². The Morgan fingerprint density at radius 1 is 1.09 bits per heavy atom. The minimum absolute atomic E-state index is 0.148. The van der Waals surface area contributed by atoms with Crippen molar-refractivity contribution in [3.8, 4) is 11.3 Å². The van der Waals surface area contributed by atoms with Gasteiger partial charge in [0.2, 0.25) is 5.91 Å². The van der Waals surface area contributed by atoms with E-state index >= 15 is 0 Å². The van der Waals surface area contributed by atoms with Crippen LogP contribution in [0.2, 0.25) is 0 Å². The van der Waals surface area contributed by atoms with E-state index in [0.29, 0.717) is 19.4 Å². The smallest absolute Gasteiger partial charge is 0.411 e. The predicted molar refractivity (Wildman–Crippen MR) is 122 cm³/mol. The number of carbonyl (C=O) groups excluding carboxylic acids is 2. The Balaban J connectivity index is 1.51. The predicted octanol–water partition coefficient (Wildman–Crippen LogP) is 4.81. The van der Waals surface area contributed by atoms with Crippen LogP contribution in [-0.2, 0) is 15.1 Å². The van der Waals surface area contributed by atoms with E-state index in [0.717, 1.165) is 22.4 Å². The van der Waals surface area contributed by atoms with E-state index in [1.807, 2.05) is 79.7 Å². The molecule has 0 bridgehead atoms. The van der Waals surface area contributed by atoms with Crippen molar-refractivity contribution in [3.05, 3.63) is 90.1 Å². The van der Waals surface area contributed by atoms with E-state index in [1.54, 1.807) is 11.1 Å². The fourth-order valence-electron chi connectivity index (χ4n) is 4.26. The Morgan fingerprint density at radius 2 is 1.81 bits per heavy atom. The van der Waals surface area contributed by atoms with Crippen molar-refractivity contribution in [2.45, 2.75) is 37.8 Å². The summed E-state index contributed by atoms with van der Waals surface area (Å²) in [5, 5.41) is 0. The van der Waals surface area contributed by atoms with E-state index in [-0.39, 0.29) is 18.6 Å². The number of benzene rings is 2. The van der Waals surface area contributed by atoms with Gasteiger partial charge in [0, 0.05) is 37.6 Å². The van der Waals surface area contributed by atoms with E-state index in [2.05, 4.69) is 4.98 Å². The Labute approximate surface area is 188 Å². The first-order valence-corrected chi connectivity index (χ1v) is 10.8. The third-order valence-electron chi connectivity index (χ3n) is 6.17. The van der Waals surface area contributed by atoms with Crippen LogP contribution in [0.15, 0.2) is 79.0 Å². The average molecular weight is 430 g/mol. The molecular formula is C26H27N3O3. The number of nitrogens with zero attached hydrogens (tertiary/aromatic N) is 2. The van der Waals surface area contributed by atoms with Crippen LogP contribution in [0.4, 0.5) is 4.79 Å². The molecule has 2 N–H and O–H groups in total. The second-order valence-electron chi connectivity index (χ2n) is 8.15. The van der Waals surface area contributed by atoms with E-state index in [4.69, 9.17) is 10.5 Å². The minimum Gasteiger partial charge on any atom is -0.438 e. The molecule has 3 aromatic rings. The lowest BCUT2D eigenvalue weighted by molar-refractivity contribution is -0.121. The van der Waals surface area contributed by atoms with Gasteiger partial charge in [-0.15, -0.1) is 0 Å². The Hall–Kier alpha value is -3.67. The molecule has 1 aliphatic heterocycles. The van der Waals surface area contributed by atoms with Gasteiger partial charge >= 0.3 is 6.09 Å². The second kappa shape index (κ2) is 9.22. The number of hydrogen-bond acceptors (Lipinski definition) is 4. The minimum atomic E-state index is -0.841. The van der Waals surface area contributed by atoms with E-state index < -0.39 is 11.5 Å². The highest BCUT2D eigenvalue weighted by Crippen LogP contribution is 2.40. The molecule has 6 heteroatoms. The summed E-state index contributed by atoms with van der Waals surface area (Å²) in [6.45, 7) is 2.52. The maximum absolute atomic E-state index is 13.1. The lowest BCUT2D eigenvalue weighted by Crippen LogP contribution is -2.49. The van der Waals surface area contributed by atoms with E-state index in [1.165, 1.54) is 0 Å². The summed E-state index contributed by atoms with van der Waals surface area (Å²) in [6.07, 6.45) is 2.51. The summed E-state index contributed by atoms with van der Waals surface area (Å²) in [4.78, 5) is 30.7.